The molecule has 0 spiro atoms. The van der Waals surface area contributed by atoms with Crippen LogP contribution in [-0.2, 0) is 6.42 Å². The molecule has 0 saturated carbocycles. The summed E-state index contributed by atoms with van der Waals surface area (Å²) in [6.45, 7) is 7.88. The predicted molar refractivity (Wildman–Crippen MR) is 92.1 cm³/mol. The van der Waals surface area contributed by atoms with Crippen molar-refractivity contribution in [2.45, 2.75) is 27.2 Å². The quantitative estimate of drug-likeness (QED) is 0.773. The molecule has 0 heterocycles. The molecule has 0 aliphatic heterocycles. The molecule has 0 saturated heterocycles. The average Bonchev–Trinajstić information content (AvgIpc) is 2.53. The van der Waals surface area contributed by atoms with Gasteiger partial charge in [-0.05, 0) is 36.5 Å². The summed E-state index contributed by atoms with van der Waals surface area (Å²) in [5.74, 6) is 0.618. The van der Waals surface area contributed by atoms with Gasteiger partial charge in [-0.2, -0.15) is 0 Å². The Morgan fingerprint density at radius 3 is 2.27 bits per heavy atom. The number of amides is 1. The van der Waals surface area contributed by atoms with Gasteiger partial charge in [-0.25, -0.2) is 0 Å². The van der Waals surface area contributed by atoms with Crippen LogP contribution in [0.3, 0.4) is 0 Å². The maximum Gasteiger partial charge on any atom is 0.254 e. The molecule has 116 valence electrons. The zero-order chi connectivity index (χ0) is 15.9. The second-order valence-corrected chi connectivity index (χ2v) is 6.06. The highest BCUT2D eigenvalue weighted by atomic mass is 16.2. The van der Waals surface area contributed by atoms with Crippen molar-refractivity contribution in [1.82, 2.24) is 4.90 Å². The van der Waals surface area contributed by atoms with Crippen molar-refractivity contribution < 1.29 is 4.79 Å². The monoisotopic (exact) mass is 295 g/mol. The molecule has 22 heavy (non-hydrogen) atoms. The summed E-state index contributed by atoms with van der Waals surface area (Å²) in [5.41, 5.74) is 3.16. The Morgan fingerprint density at radius 2 is 1.64 bits per heavy atom. The van der Waals surface area contributed by atoms with Crippen LogP contribution >= 0.6 is 0 Å². The van der Waals surface area contributed by atoms with Gasteiger partial charge in [-0.15, -0.1) is 0 Å². The fourth-order valence-electron chi connectivity index (χ4n) is 2.67. The molecule has 2 rings (SSSR count). The molecule has 0 aliphatic rings. The van der Waals surface area contributed by atoms with Crippen molar-refractivity contribution in [3.8, 4) is 0 Å². The van der Waals surface area contributed by atoms with Gasteiger partial charge in [0, 0.05) is 18.7 Å². The second kappa shape index (κ2) is 7.79. The van der Waals surface area contributed by atoms with Crippen LogP contribution in [0.1, 0.15) is 42.3 Å². The summed E-state index contributed by atoms with van der Waals surface area (Å²) in [4.78, 5) is 14.8. The third-order valence-corrected chi connectivity index (χ3v) is 3.74. The van der Waals surface area contributed by atoms with Gasteiger partial charge in [-0.3, -0.25) is 4.79 Å². The smallest absolute Gasteiger partial charge is 0.254 e. The first-order chi connectivity index (χ1) is 10.6. The molecule has 0 unspecified atom stereocenters. The standard InChI is InChI=1S/C20H25NO/c1-4-21(15-16(2)3)20(22)19-13-9-8-12-18(19)14-17-10-6-5-7-11-17/h5-13,16H,4,14-15H2,1-3H3. The molecule has 0 N–H and O–H groups in total. The maximum absolute atomic E-state index is 12.8. The van der Waals surface area contributed by atoms with Gasteiger partial charge in [0.25, 0.3) is 5.91 Å². The number of hydrogen-bond donors (Lipinski definition) is 0. The summed E-state index contributed by atoms with van der Waals surface area (Å²) in [6.07, 6.45) is 0.794. The minimum Gasteiger partial charge on any atom is -0.339 e. The Balaban J connectivity index is 2.25. The Kier molecular flexibility index (Phi) is 5.76. The van der Waals surface area contributed by atoms with Crippen LogP contribution in [-0.4, -0.2) is 23.9 Å². The first-order valence-electron chi connectivity index (χ1n) is 8.03. The van der Waals surface area contributed by atoms with E-state index < -0.39 is 0 Å². The summed E-state index contributed by atoms with van der Waals surface area (Å²) >= 11 is 0. The fraction of sp³-hybridized carbons (Fsp3) is 0.350. The number of carbonyl (C=O) groups excluding carboxylic acids is 1. The second-order valence-electron chi connectivity index (χ2n) is 6.06. The molecular formula is C20H25NO. The predicted octanol–water partition coefficient (Wildman–Crippen LogP) is 4.40. The van der Waals surface area contributed by atoms with Gasteiger partial charge in [0.1, 0.15) is 0 Å². The Morgan fingerprint density at radius 1 is 1.00 bits per heavy atom. The van der Waals surface area contributed by atoms with Crippen LogP contribution in [0.25, 0.3) is 0 Å². The van der Waals surface area contributed by atoms with Crippen molar-refractivity contribution in [3.63, 3.8) is 0 Å². The molecule has 2 nitrogen and oxygen atoms in total. The van der Waals surface area contributed by atoms with E-state index in [-0.39, 0.29) is 5.91 Å². The third kappa shape index (κ3) is 4.20. The minimum absolute atomic E-state index is 0.141. The van der Waals surface area contributed by atoms with E-state index in [0.717, 1.165) is 30.6 Å². The van der Waals surface area contributed by atoms with Gasteiger partial charge < -0.3 is 4.90 Å². The number of rotatable bonds is 6. The summed E-state index contributed by atoms with van der Waals surface area (Å²) < 4.78 is 0. The number of benzene rings is 2. The zero-order valence-electron chi connectivity index (χ0n) is 13.8. The summed E-state index contributed by atoms with van der Waals surface area (Å²) in [7, 11) is 0. The minimum atomic E-state index is 0.141. The Bertz CT molecular complexity index is 604. The normalized spacial score (nSPS) is 10.7. The molecule has 0 fully saturated rings. The van der Waals surface area contributed by atoms with Crippen LogP contribution < -0.4 is 0 Å². The highest BCUT2D eigenvalue weighted by Crippen LogP contribution is 2.17. The molecule has 2 aromatic carbocycles. The van der Waals surface area contributed by atoms with E-state index in [1.54, 1.807) is 0 Å². The van der Waals surface area contributed by atoms with Crippen molar-refractivity contribution >= 4 is 5.91 Å². The van der Waals surface area contributed by atoms with E-state index in [0.29, 0.717) is 5.92 Å². The molecule has 0 radical (unpaired) electrons. The van der Waals surface area contributed by atoms with Gasteiger partial charge in [0.05, 0.1) is 0 Å². The highest BCUT2D eigenvalue weighted by Gasteiger charge is 2.18. The third-order valence-electron chi connectivity index (χ3n) is 3.74. The Labute approximate surface area is 133 Å². The lowest BCUT2D eigenvalue weighted by molar-refractivity contribution is 0.0745. The van der Waals surface area contributed by atoms with Crippen LogP contribution in [0.2, 0.25) is 0 Å². The van der Waals surface area contributed by atoms with E-state index in [4.69, 9.17) is 0 Å². The van der Waals surface area contributed by atoms with Crippen LogP contribution in [0, 0.1) is 5.92 Å². The molecule has 2 aromatic rings. The maximum atomic E-state index is 12.8. The van der Waals surface area contributed by atoms with Gasteiger partial charge in [-0.1, -0.05) is 62.4 Å². The number of hydrogen-bond acceptors (Lipinski definition) is 1. The van der Waals surface area contributed by atoms with E-state index in [1.807, 2.05) is 48.2 Å². The molecular weight excluding hydrogens is 270 g/mol. The SMILES string of the molecule is CCN(CC(C)C)C(=O)c1ccccc1Cc1ccccc1. The van der Waals surface area contributed by atoms with Crippen LogP contribution in [0.15, 0.2) is 54.6 Å². The van der Waals surface area contributed by atoms with Crippen molar-refractivity contribution in [2.24, 2.45) is 5.92 Å². The molecule has 2 heteroatoms. The van der Waals surface area contributed by atoms with E-state index >= 15 is 0 Å². The van der Waals surface area contributed by atoms with Gasteiger partial charge >= 0.3 is 0 Å². The summed E-state index contributed by atoms with van der Waals surface area (Å²) in [6, 6.07) is 18.3. The van der Waals surface area contributed by atoms with Gasteiger partial charge in [0.2, 0.25) is 0 Å². The van der Waals surface area contributed by atoms with Gasteiger partial charge in [0.15, 0.2) is 0 Å². The molecule has 1 amide bonds. The van der Waals surface area contributed by atoms with Crippen molar-refractivity contribution in [3.05, 3.63) is 71.3 Å². The Hall–Kier alpha value is -2.09. The van der Waals surface area contributed by atoms with Crippen LogP contribution in [0.4, 0.5) is 0 Å². The van der Waals surface area contributed by atoms with Crippen LogP contribution in [0.5, 0.6) is 0 Å². The number of nitrogens with zero attached hydrogens (tertiary/aromatic N) is 1. The van der Waals surface area contributed by atoms with E-state index in [1.165, 1.54) is 5.56 Å². The average molecular weight is 295 g/mol. The lowest BCUT2D eigenvalue weighted by atomic mass is 9.98. The highest BCUT2D eigenvalue weighted by molar-refractivity contribution is 5.95. The molecule has 0 atom stereocenters. The molecule has 0 aromatic heterocycles. The van der Waals surface area contributed by atoms with E-state index in [2.05, 4.69) is 32.0 Å². The molecule has 0 aliphatic carbocycles. The zero-order valence-corrected chi connectivity index (χ0v) is 13.8. The lowest BCUT2D eigenvalue weighted by Crippen LogP contribution is -2.34. The topological polar surface area (TPSA) is 20.3 Å². The lowest BCUT2D eigenvalue weighted by Gasteiger charge is -2.24. The van der Waals surface area contributed by atoms with Crippen molar-refractivity contribution in [1.29, 1.82) is 0 Å². The van der Waals surface area contributed by atoms with E-state index in [9.17, 15) is 4.79 Å². The largest absolute Gasteiger partial charge is 0.339 e. The first-order valence-corrected chi connectivity index (χ1v) is 8.03. The molecule has 0 bridgehead atoms. The summed E-state index contributed by atoms with van der Waals surface area (Å²) in [5, 5.41) is 0. The number of carbonyl (C=O) groups is 1. The first kappa shape index (κ1) is 16.3. The van der Waals surface area contributed by atoms with Crippen molar-refractivity contribution in [2.75, 3.05) is 13.1 Å². The fourth-order valence-corrected chi connectivity index (χ4v) is 2.67.